The molecule has 2 heteroatoms. The second kappa shape index (κ2) is 2.42. The molecular weight excluding hydrogens is 142 g/mol. The molecule has 2 rings (SSSR count). The van der Waals surface area contributed by atoms with Crippen molar-refractivity contribution < 1.29 is 0 Å². The zero-order valence-electron chi connectivity index (χ0n) is 6.71. The van der Waals surface area contributed by atoms with Crippen LogP contribution in [0.2, 0.25) is 0 Å². The molecule has 1 aliphatic carbocycles. The van der Waals surface area contributed by atoms with Crippen molar-refractivity contribution in [1.82, 2.24) is 4.31 Å². The molecule has 58 valence electrons. The average Bonchev–Trinajstić information content (AvgIpc) is 2.67. The van der Waals surface area contributed by atoms with E-state index in [2.05, 4.69) is 30.1 Å². The Morgan fingerprint density at radius 1 is 1.50 bits per heavy atom. The molecule has 0 N–H and O–H groups in total. The van der Waals surface area contributed by atoms with Gasteiger partial charge in [-0.25, -0.2) is 4.31 Å². The van der Waals surface area contributed by atoms with Crippen LogP contribution < -0.4 is 0 Å². The van der Waals surface area contributed by atoms with Crippen LogP contribution in [0.25, 0.3) is 0 Å². The molecule has 1 heterocycles. The predicted molar refractivity (Wildman–Crippen MR) is 45.9 cm³/mol. The van der Waals surface area contributed by atoms with Crippen molar-refractivity contribution in [2.24, 2.45) is 5.92 Å². The summed E-state index contributed by atoms with van der Waals surface area (Å²) in [5, 5.41) is 0.963. The van der Waals surface area contributed by atoms with Gasteiger partial charge in [-0.2, -0.15) is 0 Å². The minimum Gasteiger partial charge on any atom is -0.247 e. The lowest BCUT2D eigenvalue weighted by Gasteiger charge is -2.15. The Hall–Kier alpha value is 0.310. The van der Waals surface area contributed by atoms with E-state index in [1.54, 1.807) is 0 Å². The Morgan fingerprint density at radius 3 is 2.70 bits per heavy atom. The summed E-state index contributed by atoms with van der Waals surface area (Å²) in [5.41, 5.74) is 0. The van der Waals surface area contributed by atoms with Gasteiger partial charge in [0, 0.05) is 17.8 Å². The van der Waals surface area contributed by atoms with Crippen LogP contribution in [0.4, 0.5) is 0 Å². The molecule has 0 aromatic heterocycles. The summed E-state index contributed by atoms with van der Waals surface area (Å²) in [6.07, 6.45) is 2.85. The van der Waals surface area contributed by atoms with Crippen LogP contribution in [0.15, 0.2) is 0 Å². The number of rotatable bonds is 2. The summed E-state index contributed by atoms with van der Waals surface area (Å²) in [4.78, 5) is 0. The van der Waals surface area contributed by atoms with Gasteiger partial charge in [-0.15, -0.1) is 0 Å². The quantitative estimate of drug-likeness (QED) is 0.565. The highest BCUT2D eigenvalue weighted by molar-refractivity contribution is 7.98. The Labute approximate surface area is 67.3 Å². The number of hydrogen-bond acceptors (Lipinski definition) is 2. The van der Waals surface area contributed by atoms with E-state index in [4.69, 9.17) is 0 Å². The van der Waals surface area contributed by atoms with Crippen molar-refractivity contribution in [1.29, 1.82) is 0 Å². The summed E-state index contributed by atoms with van der Waals surface area (Å²) in [6.45, 7) is 5.81. The highest BCUT2D eigenvalue weighted by atomic mass is 32.2. The second-order valence-electron chi connectivity index (χ2n) is 3.25. The Bertz CT molecular complexity index is 123. The molecule has 0 radical (unpaired) electrons. The second-order valence-corrected chi connectivity index (χ2v) is 4.54. The van der Waals surface area contributed by atoms with Gasteiger partial charge >= 0.3 is 0 Å². The Kier molecular flexibility index (Phi) is 1.69. The molecule has 1 nitrogen and oxygen atoms in total. The summed E-state index contributed by atoms with van der Waals surface area (Å²) >= 11 is 2.10. The highest BCUT2D eigenvalue weighted by Gasteiger charge is 2.52. The lowest BCUT2D eigenvalue weighted by atomic mass is 10.2. The topological polar surface area (TPSA) is 3.24 Å². The maximum Gasteiger partial charge on any atom is 0.0246 e. The van der Waals surface area contributed by atoms with Crippen molar-refractivity contribution in [3.05, 3.63) is 0 Å². The van der Waals surface area contributed by atoms with Gasteiger partial charge in [0.05, 0.1) is 0 Å². The van der Waals surface area contributed by atoms with Crippen molar-refractivity contribution in [2.75, 3.05) is 6.54 Å². The minimum atomic E-state index is 0.963. The van der Waals surface area contributed by atoms with Gasteiger partial charge in [-0.1, -0.05) is 25.8 Å². The van der Waals surface area contributed by atoms with E-state index in [1.165, 1.54) is 19.4 Å². The zero-order chi connectivity index (χ0) is 7.14. The lowest BCUT2D eigenvalue weighted by Crippen LogP contribution is -2.14. The van der Waals surface area contributed by atoms with Crippen LogP contribution in [0, 0.1) is 5.92 Å². The van der Waals surface area contributed by atoms with Crippen molar-refractivity contribution >= 4 is 11.9 Å². The monoisotopic (exact) mass is 157 g/mol. The third kappa shape index (κ3) is 0.892. The summed E-state index contributed by atoms with van der Waals surface area (Å²) < 4.78 is 2.57. The van der Waals surface area contributed by atoms with Gasteiger partial charge in [-0.3, -0.25) is 0 Å². The third-order valence-electron chi connectivity index (χ3n) is 2.64. The summed E-state index contributed by atoms with van der Waals surface area (Å²) in [7, 11) is 0. The van der Waals surface area contributed by atoms with Crippen LogP contribution in [0.1, 0.15) is 26.7 Å². The summed E-state index contributed by atoms with van der Waals surface area (Å²) in [6, 6.07) is 0.972. The molecule has 1 saturated heterocycles. The Morgan fingerprint density at radius 2 is 2.30 bits per heavy atom. The molecule has 0 spiro atoms. The first-order valence-electron chi connectivity index (χ1n) is 4.30. The fraction of sp³-hybridized carbons (Fsp3) is 1.00. The smallest absolute Gasteiger partial charge is 0.0246 e. The first kappa shape index (κ1) is 6.99. The van der Waals surface area contributed by atoms with E-state index in [-0.39, 0.29) is 0 Å². The number of fused-ring (bicyclic) bond motifs is 1. The molecule has 2 aliphatic rings. The molecule has 1 aliphatic heterocycles. The van der Waals surface area contributed by atoms with Gasteiger partial charge in [0.25, 0.3) is 0 Å². The molecule has 0 bridgehead atoms. The molecule has 1 saturated carbocycles. The highest BCUT2D eigenvalue weighted by Crippen LogP contribution is 2.54. The molecule has 0 aromatic carbocycles. The van der Waals surface area contributed by atoms with Gasteiger partial charge in [0.2, 0.25) is 0 Å². The van der Waals surface area contributed by atoms with Crippen LogP contribution in [0.5, 0.6) is 0 Å². The molecule has 0 aromatic rings. The molecule has 3 atom stereocenters. The van der Waals surface area contributed by atoms with Gasteiger partial charge in [0.1, 0.15) is 0 Å². The van der Waals surface area contributed by atoms with Crippen molar-refractivity contribution in [2.45, 2.75) is 38.0 Å². The molecule has 3 unspecified atom stereocenters. The van der Waals surface area contributed by atoms with Crippen molar-refractivity contribution in [3.63, 3.8) is 0 Å². The normalized spacial score (nSPS) is 45.6. The van der Waals surface area contributed by atoms with E-state index in [9.17, 15) is 0 Å². The van der Waals surface area contributed by atoms with Crippen LogP contribution in [0.3, 0.4) is 0 Å². The minimum absolute atomic E-state index is 0.963. The maximum absolute atomic E-state index is 2.57. The van der Waals surface area contributed by atoms with Crippen LogP contribution in [-0.2, 0) is 0 Å². The average molecular weight is 157 g/mol. The van der Waals surface area contributed by atoms with Gasteiger partial charge in [-0.05, 0) is 18.8 Å². The van der Waals surface area contributed by atoms with Crippen molar-refractivity contribution in [3.8, 4) is 0 Å². The largest absolute Gasteiger partial charge is 0.247 e. The first-order valence-corrected chi connectivity index (χ1v) is 5.13. The van der Waals surface area contributed by atoms with E-state index in [0.717, 1.165) is 17.2 Å². The van der Waals surface area contributed by atoms with Crippen LogP contribution >= 0.6 is 11.9 Å². The fourth-order valence-electron chi connectivity index (χ4n) is 1.95. The van der Waals surface area contributed by atoms with E-state index >= 15 is 0 Å². The van der Waals surface area contributed by atoms with E-state index < -0.39 is 0 Å². The first-order chi connectivity index (χ1) is 4.86. The predicted octanol–water partition coefficient (Wildman–Crippen LogP) is 2.14. The molecule has 10 heavy (non-hydrogen) atoms. The maximum atomic E-state index is 2.57. The molecular formula is C8H15NS. The zero-order valence-corrected chi connectivity index (χ0v) is 7.53. The van der Waals surface area contributed by atoms with Gasteiger partial charge in [0.15, 0.2) is 0 Å². The number of hydrogen-bond donors (Lipinski definition) is 0. The van der Waals surface area contributed by atoms with Gasteiger partial charge < -0.3 is 0 Å². The Balaban J connectivity index is 1.95. The molecule has 2 fully saturated rings. The fourth-order valence-corrected chi connectivity index (χ4v) is 3.44. The van der Waals surface area contributed by atoms with Crippen LogP contribution in [-0.4, -0.2) is 22.1 Å². The third-order valence-corrected chi connectivity index (χ3v) is 4.39. The standard InChI is InChI=1S/C8H15NS/c1-3-8-6-5-7(6)9(4-2)10-8/h6-8H,3-5H2,1-2H3. The SMILES string of the molecule is CCC1SN(CC)C2CC12. The van der Waals surface area contributed by atoms with E-state index in [1.807, 2.05) is 0 Å². The summed E-state index contributed by atoms with van der Waals surface area (Å²) in [5.74, 6) is 1.06. The lowest BCUT2D eigenvalue weighted by molar-refractivity contribution is 0.488. The van der Waals surface area contributed by atoms with E-state index in [0.29, 0.717) is 0 Å². The number of nitrogens with zero attached hydrogens (tertiary/aromatic N) is 1. The molecule has 0 amide bonds.